The maximum absolute atomic E-state index is 14.0. The molecule has 5 rings (SSSR count). The van der Waals surface area contributed by atoms with E-state index in [1.807, 2.05) is 71.6 Å². The molecule has 6 heteroatoms. The van der Waals surface area contributed by atoms with E-state index in [-0.39, 0.29) is 18.2 Å². The number of fused-ring (bicyclic) bond motifs is 1. The molecule has 0 bridgehead atoms. The Balaban J connectivity index is 1.55. The monoisotopic (exact) mass is 456 g/mol. The number of para-hydroxylation sites is 1. The molecule has 1 saturated heterocycles. The van der Waals surface area contributed by atoms with Crippen molar-refractivity contribution >= 4 is 23.2 Å². The van der Waals surface area contributed by atoms with E-state index in [9.17, 15) is 9.59 Å². The van der Waals surface area contributed by atoms with E-state index in [0.717, 1.165) is 35.5 Å². The molecule has 2 aliphatic heterocycles. The number of aryl methyl sites for hydroxylation is 1. The van der Waals surface area contributed by atoms with E-state index in [0.29, 0.717) is 12.3 Å². The van der Waals surface area contributed by atoms with Crippen LogP contribution in [0.15, 0.2) is 72.8 Å². The van der Waals surface area contributed by atoms with Crippen molar-refractivity contribution in [3.05, 3.63) is 83.9 Å². The molecular weight excluding hydrogens is 428 g/mol. The first-order chi connectivity index (χ1) is 16.6. The summed E-state index contributed by atoms with van der Waals surface area (Å²) in [6.45, 7) is 0.665. The van der Waals surface area contributed by atoms with Crippen LogP contribution in [0, 0.1) is 5.92 Å². The number of ether oxygens (including phenoxy) is 2. The Bertz CT molecular complexity index is 1190. The molecule has 3 aromatic carbocycles. The van der Waals surface area contributed by atoms with Crippen molar-refractivity contribution in [3.63, 3.8) is 0 Å². The third-order valence-electron chi connectivity index (χ3n) is 6.82. The normalized spacial score (nSPS) is 19.6. The van der Waals surface area contributed by atoms with E-state index in [4.69, 9.17) is 9.47 Å². The van der Waals surface area contributed by atoms with Gasteiger partial charge in [-0.3, -0.25) is 9.59 Å². The molecule has 0 spiro atoms. The molecule has 0 N–H and O–H groups in total. The van der Waals surface area contributed by atoms with Crippen LogP contribution in [-0.2, 0) is 16.0 Å². The number of hydrogen-bond donors (Lipinski definition) is 0. The lowest BCUT2D eigenvalue weighted by molar-refractivity contribution is -0.124. The van der Waals surface area contributed by atoms with Gasteiger partial charge < -0.3 is 19.3 Å². The first-order valence-electron chi connectivity index (χ1n) is 11.6. The highest BCUT2D eigenvalue weighted by Gasteiger charge is 2.47. The highest BCUT2D eigenvalue weighted by Crippen LogP contribution is 2.44. The van der Waals surface area contributed by atoms with Crippen molar-refractivity contribution in [2.24, 2.45) is 5.92 Å². The van der Waals surface area contributed by atoms with Crippen LogP contribution in [0.2, 0.25) is 0 Å². The zero-order chi connectivity index (χ0) is 23.7. The van der Waals surface area contributed by atoms with E-state index in [2.05, 4.69) is 6.07 Å². The highest BCUT2D eigenvalue weighted by molar-refractivity contribution is 6.06. The fourth-order valence-electron chi connectivity index (χ4n) is 5.15. The number of amides is 2. The molecule has 3 aromatic rings. The Morgan fingerprint density at radius 2 is 1.53 bits per heavy atom. The number of nitrogens with zero attached hydrogens (tertiary/aromatic N) is 2. The van der Waals surface area contributed by atoms with Crippen molar-refractivity contribution in [3.8, 4) is 11.5 Å². The molecule has 2 atom stereocenters. The molecular formula is C28H28N2O4. The van der Waals surface area contributed by atoms with Crippen LogP contribution in [0.4, 0.5) is 11.4 Å². The zero-order valence-corrected chi connectivity index (χ0v) is 19.4. The minimum atomic E-state index is -0.492. The summed E-state index contributed by atoms with van der Waals surface area (Å²) in [5, 5.41) is 0. The lowest BCUT2D eigenvalue weighted by Gasteiger charge is -2.34. The molecule has 1 fully saturated rings. The number of carbonyl (C=O) groups excluding carboxylic acids is 2. The molecule has 2 aliphatic rings. The van der Waals surface area contributed by atoms with Crippen molar-refractivity contribution in [1.82, 2.24) is 0 Å². The number of methoxy groups -OCH3 is 2. The van der Waals surface area contributed by atoms with Gasteiger partial charge in [-0.2, -0.15) is 0 Å². The van der Waals surface area contributed by atoms with Gasteiger partial charge in [0.25, 0.3) is 0 Å². The van der Waals surface area contributed by atoms with E-state index in [1.165, 1.54) is 5.56 Å². The van der Waals surface area contributed by atoms with Gasteiger partial charge in [-0.05, 0) is 66.4 Å². The van der Waals surface area contributed by atoms with E-state index in [1.54, 1.807) is 19.1 Å². The van der Waals surface area contributed by atoms with Crippen molar-refractivity contribution < 1.29 is 19.1 Å². The summed E-state index contributed by atoms with van der Waals surface area (Å²) in [5.41, 5.74) is 3.80. The quantitative estimate of drug-likeness (QED) is 0.555. The van der Waals surface area contributed by atoms with Crippen LogP contribution < -0.4 is 19.3 Å². The van der Waals surface area contributed by atoms with Crippen LogP contribution in [0.5, 0.6) is 11.5 Å². The second kappa shape index (κ2) is 9.21. The number of hydrogen-bond acceptors (Lipinski definition) is 4. The third kappa shape index (κ3) is 3.89. The number of carbonyl (C=O) groups is 2. The molecule has 174 valence electrons. The summed E-state index contributed by atoms with van der Waals surface area (Å²) < 4.78 is 10.6. The Morgan fingerprint density at radius 1 is 0.882 bits per heavy atom. The summed E-state index contributed by atoms with van der Waals surface area (Å²) in [6.07, 6.45) is 2.04. The average Bonchev–Trinajstić information content (AvgIpc) is 3.24. The Labute approximate surface area is 199 Å². The summed E-state index contributed by atoms with van der Waals surface area (Å²) in [5.74, 6) is 0.895. The molecule has 2 amide bonds. The summed E-state index contributed by atoms with van der Waals surface area (Å²) in [4.78, 5) is 31.0. The molecule has 6 nitrogen and oxygen atoms in total. The van der Waals surface area contributed by atoms with Gasteiger partial charge >= 0.3 is 0 Å². The van der Waals surface area contributed by atoms with Crippen molar-refractivity contribution in [1.29, 1.82) is 0 Å². The highest BCUT2D eigenvalue weighted by atomic mass is 16.5. The second-order valence-electron chi connectivity index (χ2n) is 8.71. The fraction of sp³-hybridized carbons (Fsp3) is 0.286. The van der Waals surface area contributed by atoms with Gasteiger partial charge in [0, 0.05) is 24.3 Å². The van der Waals surface area contributed by atoms with E-state index < -0.39 is 12.0 Å². The predicted molar refractivity (Wildman–Crippen MR) is 131 cm³/mol. The first kappa shape index (κ1) is 22.0. The topological polar surface area (TPSA) is 59.1 Å². The Hall–Kier alpha value is -3.80. The predicted octanol–water partition coefficient (Wildman–Crippen LogP) is 4.78. The molecule has 34 heavy (non-hydrogen) atoms. The largest absolute Gasteiger partial charge is 0.497 e. The van der Waals surface area contributed by atoms with Crippen LogP contribution in [0.25, 0.3) is 0 Å². The van der Waals surface area contributed by atoms with Gasteiger partial charge in [0.1, 0.15) is 11.5 Å². The van der Waals surface area contributed by atoms with Crippen LogP contribution in [0.1, 0.15) is 30.0 Å². The molecule has 0 unspecified atom stereocenters. The van der Waals surface area contributed by atoms with Gasteiger partial charge in [-0.25, -0.2) is 0 Å². The lowest BCUT2D eigenvalue weighted by Crippen LogP contribution is -2.41. The van der Waals surface area contributed by atoms with Gasteiger partial charge in [0.2, 0.25) is 11.8 Å². The average molecular weight is 457 g/mol. The molecule has 0 aliphatic carbocycles. The lowest BCUT2D eigenvalue weighted by atomic mass is 9.90. The summed E-state index contributed by atoms with van der Waals surface area (Å²) in [7, 11) is 3.24. The maximum atomic E-state index is 14.0. The number of anilines is 2. The molecule has 2 heterocycles. The van der Waals surface area contributed by atoms with Crippen molar-refractivity contribution in [2.45, 2.75) is 25.3 Å². The third-order valence-corrected chi connectivity index (χ3v) is 6.82. The smallest absolute Gasteiger partial charge is 0.233 e. The van der Waals surface area contributed by atoms with E-state index >= 15 is 0 Å². The first-order valence-corrected chi connectivity index (χ1v) is 11.6. The standard InChI is InChI=1S/C28H28N2O4/c1-33-22-13-9-20(10-14-22)27-24(18-26(31)30(27)21-11-15-23(34-2)16-12-21)28(32)29-17-5-7-19-6-3-4-8-25(19)29/h3-4,6,8-16,24,27H,5,7,17-18H2,1-2H3/t24-,27-/m0/s1. The Kier molecular flexibility index (Phi) is 5.97. The summed E-state index contributed by atoms with van der Waals surface area (Å²) in [6, 6.07) is 22.7. The molecule has 0 aromatic heterocycles. The van der Waals surface area contributed by atoms with Crippen LogP contribution in [-0.4, -0.2) is 32.6 Å². The zero-order valence-electron chi connectivity index (χ0n) is 19.4. The van der Waals surface area contributed by atoms with Crippen LogP contribution >= 0.6 is 0 Å². The molecule has 0 radical (unpaired) electrons. The summed E-state index contributed by atoms with van der Waals surface area (Å²) >= 11 is 0. The van der Waals surface area contributed by atoms with Gasteiger partial charge in [-0.15, -0.1) is 0 Å². The Morgan fingerprint density at radius 3 is 2.21 bits per heavy atom. The molecule has 0 saturated carbocycles. The minimum absolute atomic E-state index is 0.00247. The second-order valence-corrected chi connectivity index (χ2v) is 8.71. The maximum Gasteiger partial charge on any atom is 0.233 e. The number of rotatable bonds is 5. The van der Waals surface area contributed by atoms with Crippen molar-refractivity contribution in [2.75, 3.05) is 30.6 Å². The van der Waals surface area contributed by atoms with Crippen LogP contribution in [0.3, 0.4) is 0 Å². The SMILES string of the molecule is COc1ccc([C@H]2[C@@H](C(=O)N3CCCc4ccccc43)CC(=O)N2c2ccc(OC)cc2)cc1. The van der Waals surface area contributed by atoms with Gasteiger partial charge in [0.05, 0.1) is 26.2 Å². The van der Waals surface area contributed by atoms with Gasteiger partial charge in [-0.1, -0.05) is 30.3 Å². The van der Waals surface area contributed by atoms with Gasteiger partial charge in [0.15, 0.2) is 0 Å². The minimum Gasteiger partial charge on any atom is -0.497 e. The fourth-order valence-corrected chi connectivity index (χ4v) is 5.15. The number of benzene rings is 3.